The van der Waals surface area contributed by atoms with Crippen LogP contribution in [0.2, 0.25) is 0 Å². The van der Waals surface area contributed by atoms with Crippen LogP contribution >= 0.6 is 0 Å². The van der Waals surface area contributed by atoms with Crippen LogP contribution in [-0.4, -0.2) is 43.8 Å². The second-order valence-electron chi connectivity index (χ2n) is 5.13. The highest BCUT2D eigenvalue weighted by atomic mass is 16.5. The normalized spacial score (nSPS) is 24.5. The van der Waals surface area contributed by atoms with Crippen LogP contribution in [0.1, 0.15) is 31.9 Å². The first-order valence-corrected chi connectivity index (χ1v) is 7.45. The molecule has 1 aliphatic rings. The number of ether oxygens (including phenoxy) is 1. The molecule has 1 saturated heterocycles. The minimum Gasteiger partial charge on any atom is -0.380 e. The van der Waals surface area contributed by atoms with Crippen molar-refractivity contribution < 1.29 is 4.74 Å². The van der Waals surface area contributed by atoms with Gasteiger partial charge in [-0.2, -0.15) is 0 Å². The van der Waals surface area contributed by atoms with Crippen LogP contribution in [0.5, 0.6) is 0 Å². The van der Waals surface area contributed by atoms with Gasteiger partial charge in [0.2, 0.25) is 0 Å². The van der Waals surface area contributed by atoms with Gasteiger partial charge in [-0.25, -0.2) is 0 Å². The van der Waals surface area contributed by atoms with E-state index in [1.807, 2.05) is 0 Å². The predicted octanol–water partition coefficient (Wildman–Crippen LogP) is 2.45. The Hall–Kier alpha value is -0.900. The SMILES string of the molecule is CCOCCN1CC(CC)NCC1c1ccccc1. The number of rotatable bonds is 6. The summed E-state index contributed by atoms with van der Waals surface area (Å²) in [7, 11) is 0. The largest absolute Gasteiger partial charge is 0.380 e. The van der Waals surface area contributed by atoms with Crippen molar-refractivity contribution in [2.24, 2.45) is 0 Å². The van der Waals surface area contributed by atoms with Gasteiger partial charge in [-0.1, -0.05) is 37.3 Å². The number of nitrogens with one attached hydrogen (secondary N) is 1. The lowest BCUT2D eigenvalue weighted by Crippen LogP contribution is -2.52. The molecule has 1 aromatic carbocycles. The first-order chi connectivity index (χ1) is 9.35. The topological polar surface area (TPSA) is 24.5 Å². The van der Waals surface area contributed by atoms with Crippen molar-refractivity contribution in [2.45, 2.75) is 32.4 Å². The Labute approximate surface area is 116 Å². The fraction of sp³-hybridized carbons (Fsp3) is 0.625. The van der Waals surface area contributed by atoms with Gasteiger partial charge in [-0.15, -0.1) is 0 Å². The molecular formula is C16H26N2O. The number of nitrogens with zero attached hydrogens (tertiary/aromatic N) is 1. The van der Waals surface area contributed by atoms with Gasteiger partial charge >= 0.3 is 0 Å². The highest BCUT2D eigenvalue weighted by Crippen LogP contribution is 2.23. The molecule has 1 aromatic rings. The zero-order valence-corrected chi connectivity index (χ0v) is 12.1. The summed E-state index contributed by atoms with van der Waals surface area (Å²) in [5.74, 6) is 0. The van der Waals surface area contributed by atoms with Crippen molar-refractivity contribution in [1.29, 1.82) is 0 Å². The van der Waals surface area contributed by atoms with Gasteiger partial charge in [0.1, 0.15) is 0 Å². The van der Waals surface area contributed by atoms with Crippen LogP contribution in [0.25, 0.3) is 0 Å². The summed E-state index contributed by atoms with van der Waals surface area (Å²) in [6.07, 6.45) is 1.19. The number of hydrogen-bond acceptors (Lipinski definition) is 3. The highest BCUT2D eigenvalue weighted by Gasteiger charge is 2.27. The third-order valence-corrected chi connectivity index (χ3v) is 3.90. The Morgan fingerprint density at radius 3 is 2.74 bits per heavy atom. The Balaban J connectivity index is 2.02. The van der Waals surface area contributed by atoms with Crippen molar-refractivity contribution in [3.05, 3.63) is 35.9 Å². The molecule has 0 amide bonds. The fourth-order valence-electron chi connectivity index (χ4n) is 2.73. The van der Waals surface area contributed by atoms with Crippen LogP contribution < -0.4 is 5.32 Å². The van der Waals surface area contributed by atoms with E-state index < -0.39 is 0 Å². The summed E-state index contributed by atoms with van der Waals surface area (Å²) < 4.78 is 5.53. The highest BCUT2D eigenvalue weighted by molar-refractivity contribution is 5.20. The molecule has 3 nitrogen and oxygen atoms in total. The Bertz CT molecular complexity index is 355. The smallest absolute Gasteiger partial charge is 0.0593 e. The third-order valence-electron chi connectivity index (χ3n) is 3.90. The van der Waals surface area contributed by atoms with E-state index in [9.17, 15) is 0 Å². The molecule has 0 bridgehead atoms. The molecule has 3 heteroatoms. The lowest BCUT2D eigenvalue weighted by atomic mass is 10.0. The first kappa shape index (κ1) is 14.5. The van der Waals surface area contributed by atoms with Gasteiger partial charge in [-0.05, 0) is 18.9 Å². The standard InChI is InChI=1S/C16H26N2O/c1-3-15-13-18(10-11-19-4-2)16(12-17-15)14-8-6-5-7-9-14/h5-9,15-17H,3-4,10-13H2,1-2H3. The second kappa shape index (κ2) is 7.63. The van der Waals surface area contributed by atoms with Gasteiger partial charge in [0.05, 0.1) is 6.61 Å². The molecular weight excluding hydrogens is 236 g/mol. The molecule has 0 aromatic heterocycles. The average Bonchev–Trinajstić information content (AvgIpc) is 2.48. The molecule has 0 spiro atoms. The maximum Gasteiger partial charge on any atom is 0.0593 e. The van der Waals surface area contributed by atoms with Crippen molar-refractivity contribution in [3.63, 3.8) is 0 Å². The van der Waals surface area contributed by atoms with E-state index >= 15 is 0 Å². The molecule has 1 aliphatic heterocycles. The maximum absolute atomic E-state index is 5.53. The van der Waals surface area contributed by atoms with E-state index in [1.165, 1.54) is 12.0 Å². The molecule has 1 fully saturated rings. The van der Waals surface area contributed by atoms with Crippen LogP contribution in [-0.2, 0) is 4.74 Å². The van der Waals surface area contributed by atoms with E-state index in [1.54, 1.807) is 0 Å². The van der Waals surface area contributed by atoms with E-state index in [0.29, 0.717) is 12.1 Å². The molecule has 1 N–H and O–H groups in total. The van der Waals surface area contributed by atoms with Gasteiger partial charge in [0, 0.05) is 38.3 Å². The molecule has 0 radical (unpaired) electrons. The summed E-state index contributed by atoms with van der Waals surface area (Å²) in [5.41, 5.74) is 1.40. The molecule has 106 valence electrons. The molecule has 19 heavy (non-hydrogen) atoms. The molecule has 1 heterocycles. The number of hydrogen-bond donors (Lipinski definition) is 1. The lowest BCUT2D eigenvalue weighted by molar-refractivity contribution is 0.0694. The summed E-state index contributed by atoms with van der Waals surface area (Å²) in [4.78, 5) is 2.57. The quantitative estimate of drug-likeness (QED) is 0.797. The minimum absolute atomic E-state index is 0.476. The molecule has 2 rings (SSSR count). The average molecular weight is 262 g/mol. The summed E-state index contributed by atoms with van der Waals surface area (Å²) in [6.45, 7) is 9.11. The fourth-order valence-corrected chi connectivity index (χ4v) is 2.73. The Morgan fingerprint density at radius 2 is 2.05 bits per heavy atom. The van der Waals surface area contributed by atoms with Crippen molar-refractivity contribution in [1.82, 2.24) is 10.2 Å². The van der Waals surface area contributed by atoms with Crippen molar-refractivity contribution >= 4 is 0 Å². The summed E-state index contributed by atoms with van der Waals surface area (Å²) in [6, 6.07) is 11.9. The summed E-state index contributed by atoms with van der Waals surface area (Å²) >= 11 is 0. The Kier molecular flexibility index (Phi) is 5.83. The third kappa shape index (κ3) is 4.03. The lowest BCUT2D eigenvalue weighted by Gasteiger charge is -2.40. The van der Waals surface area contributed by atoms with Gasteiger partial charge in [0.25, 0.3) is 0 Å². The van der Waals surface area contributed by atoms with Gasteiger partial charge < -0.3 is 10.1 Å². The monoisotopic (exact) mass is 262 g/mol. The molecule has 0 saturated carbocycles. The molecule has 2 atom stereocenters. The predicted molar refractivity (Wildman–Crippen MR) is 79.3 cm³/mol. The molecule has 0 aliphatic carbocycles. The number of piperazine rings is 1. The van der Waals surface area contributed by atoms with Crippen LogP contribution in [0, 0.1) is 0 Å². The summed E-state index contributed by atoms with van der Waals surface area (Å²) in [5, 5.41) is 3.66. The van der Waals surface area contributed by atoms with Crippen LogP contribution in [0.15, 0.2) is 30.3 Å². The number of benzene rings is 1. The van der Waals surface area contributed by atoms with E-state index in [-0.39, 0.29) is 0 Å². The van der Waals surface area contributed by atoms with E-state index in [0.717, 1.165) is 32.8 Å². The molecule has 2 unspecified atom stereocenters. The van der Waals surface area contributed by atoms with Crippen molar-refractivity contribution in [3.8, 4) is 0 Å². The second-order valence-corrected chi connectivity index (χ2v) is 5.13. The zero-order chi connectivity index (χ0) is 13.5. The van der Waals surface area contributed by atoms with Crippen LogP contribution in [0.3, 0.4) is 0 Å². The van der Waals surface area contributed by atoms with E-state index in [4.69, 9.17) is 4.74 Å². The van der Waals surface area contributed by atoms with E-state index in [2.05, 4.69) is 54.4 Å². The van der Waals surface area contributed by atoms with Gasteiger partial charge in [-0.3, -0.25) is 4.90 Å². The van der Waals surface area contributed by atoms with Crippen molar-refractivity contribution in [2.75, 3.05) is 32.8 Å². The maximum atomic E-state index is 5.53. The van der Waals surface area contributed by atoms with Gasteiger partial charge in [0.15, 0.2) is 0 Å². The minimum atomic E-state index is 0.476. The van der Waals surface area contributed by atoms with Crippen LogP contribution in [0.4, 0.5) is 0 Å². The Morgan fingerprint density at radius 1 is 1.26 bits per heavy atom. The zero-order valence-electron chi connectivity index (χ0n) is 12.1. The first-order valence-electron chi connectivity index (χ1n) is 7.45.